The Morgan fingerprint density at radius 3 is 2.41 bits per heavy atom. The number of nitrogens with zero attached hydrogens (tertiary/aromatic N) is 1. The van der Waals surface area contributed by atoms with E-state index in [2.05, 4.69) is 5.32 Å². The molecule has 1 amide bonds. The molecule has 0 aliphatic heterocycles. The number of halogens is 1. The molecule has 1 atom stereocenters. The smallest absolute Gasteiger partial charge is 0.241 e. The molecule has 6 nitrogen and oxygen atoms in total. The average molecular weight is 394 g/mol. The second-order valence-corrected chi connectivity index (χ2v) is 7.92. The van der Waals surface area contributed by atoms with Crippen LogP contribution in [0.15, 0.2) is 48.5 Å². The Balaban J connectivity index is 2.19. The highest BCUT2D eigenvalue weighted by atomic mass is 32.2. The first-order valence-corrected chi connectivity index (χ1v) is 10.3. The van der Waals surface area contributed by atoms with E-state index in [0.29, 0.717) is 23.6 Å². The Kier molecular flexibility index (Phi) is 6.79. The first-order chi connectivity index (χ1) is 12.7. The van der Waals surface area contributed by atoms with E-state index in [4.69, 9.17) is 4.74 Å². The zero-order valence-electron chi connectivity index (χ0n) is 15.5. The Morgan fingerprint density at radius 1 is 1.19 bits per heavy atom. The van der Waals surface area contributed by atoms with Gasteiger partial charge in [-0.25, -0.2) is 12.8 Å². The average Bonchev–Trinajstić information content (AvgIpc) is 2.60. The van der Waals surface area contributed by atoms with Crippen molar-refractivity contribution >= 4 is 21.6 Å². The fourth-order valence-electron chi connectivity index (χ4n) is 2.57. The largest absolute Gasteiger partial charge is 0.492 e. The summed E-state index contributed by atoms with van der Waals surface area (Å²) in [6.07, 6.45) is 1.03. The third-order valence-electron chi connectivity index (χ3n) is 3.87. The van der Waals surface area contributed by atoms with Gasteiger partial charge in [0.25, 0.3) is 0 Å². The number of benzene rings is 2. The van der Waals surface area contributed by atoms with E-state index < -0.39 is 28.5 Å². The number of amides is 1. The summed E-state index contributed by atoms with van der Waals surface area (Å²) >= 11 is 0. The zero-order chi connectivity index (χ0) is 20.0. The lowest BCUT2D eigenvalue weighted by molar-refractivity contribution is -0.120. The van der Waals surface area contributed by atoms with Crippen molar-refractivity contribution in [3.05, 3.63) is 59.9 Å². The number of sulfonamides is 1. The first kappa shape index (κ1) is 20.7. The van der Waals surface area contributed by atoms with Gasteiger partial charge < -0.3 is 10.1 Å². The molecule has 0 unspecified atom stereocenters. The molecule has 0 aromatic heterocycles. The third-order valence-corrected chi connectivity index (χ3v) is 5.00. The zero-order valence-corrected chi connectivity index (χ0v) is 16.3. The van der Waals surface area contributed by atoms with Crippen LogP contribution in [0, 0.1) is 5.82 Å². The summed E-state index contributed by atoms with van der Waals surface area (Å²) in [5.41, 5.74) is 1.01. The van der Waals surface area contributed by atoms with E-state index in [1.807, 2.05) is 0 Å². The van der Waals surface area contributed by atoms with Gasteiger partial charge in [0, 0.05) is 0 Å². The predicted molar refractivity (Wildman–Crippen MR) is 103 cm³/mol. The van der Waals surface area contributed by atoms with Crippen molar-refractivity contribution < 1.29 is 22.3 Å². The standard InChI is InChI=1S/C19H23FN2O4S/c1-4-26-18-8-6-5-7-17(18)22(27(3,24)25)13-19(23)21-14(2)15-9-11-16(20)12-10-15/h5-12,14H,4,13H2,1-3H3,(H,21,23)/t14-/m1/s1. The van der Waals surface area contributed by atoms with Crippen LogP contribution in [0.25, 0.3) is 0 Å². The number of ether oxygens (including phenoxy) is 1. The monoisotopic (exact) mass is 394 g/mol. The molecule has 0 saturated heterocycles. The summed E-state index contributed by atoms with van der Waals surface area (Å²) in [4.78, 5) is 12.5. The van der Waals surface area contributed by atoms with Crippen molar-refractivity contribution in [1.29, 1.82) is 0 Å². The molecule has 1 N–H and O–H groups in total. The second kappa shape index (κ2) is 8.85. The Hall–Kier alpha value is -2.61. The number of para-hydroxylation sites is 2. The fourth-order valence-corrected chi connectivity index (χ4v) is 3.43. The van der Waals surface area contributed by atoms with Crippen LogP contribution in [0.5, 0.6) is 5.75 Å². The molecule has 0 spiro atoms. The molecular formula is C19H23FN2O4S. The summed E-state index contributed by atoms with van der Waals surface area (Å²) in [6.45, 7) is 3.50. The Bertz CT molecular complexity index is 885. The van der Waals surface area contributed by atoms with Crippen molar-refractivity contribution in [2.75, 3.05) is 23.7 Å². The van der Waals surface area contributed by atoms with Crippen LogP contribution < -0.4 is 14.4 Å². The van der Waals surface area contributed by atoms with Gasteiger partial charge in [-0.15, -0.1) is 0 Å². The van der Waals surface area contributed by atoms with E-state index >= 15 is 0 Å². The van der Waals surface area contributed by atoms with Crippen molar-refractivity contribution in [3.63, 3.8) is 0 Å². The number of rotatable bonds is 8. The number of nitrogens with one attached hydrogen (secondary N) is 1. The van der Waals surface area contributed by atoms with Crippen LogP contribution in [0.3, 0.4) is 0 Å². The summed E-state index contributed by atoms with van der Waals surface area (Å²) in [7, 11) is -3.72. The quantitative estimate of drug-likeness (QED) is 0.747. The molecule has 146 valence electrons. The van der Waals surface area contributed by atoms with Crippen LogP contribution in [-0.4, -0.2) is 33.7 Å². The highest BCUT2D eigenvalue weighted by Crippen LogP contribution is 2.29. The molecule has 0 fully saturated rings. The molecule has 0 aliphatic carbocycles. The molecule has 2 rings (SSSR count). The Labute approximate surface area is 159 Å². The van der Waals surface area contributed by atoms with Crippen LogP contribution >= 0.6 is 0 Å². The minimum Gasteiger partial charge on any atom is -0.492 e. The van der Waals surface area contributed by atoms with Crippen LogP contribution in [0.4, 0.5) is 10.1 Å². The number of carbonyl (C=O) groups excluding carboxylic acids is 1. The lowest BCUT2D eigenvalue weighted by atomic mass is 10.1. The van der Waals surface area contributed by atoms with Crippen molar-refractivity contribution in [2.24, 2.45) is 0 Å². The van der Waals surface area contributed by atoms with Crippen LogP contribution in [-0.2, 0) is 14.8 Å². The van der Waals surface area contributed by atoms with Crippen molar-refractivity contribution in [2.45, 2.75) is 19.9 Å². The van der Waals surface area contributed by atoms with E-state index in [0.717, 1.165) is 10.6 Å². The molecule has 27 heavy (non-hydrogen) atoms. The minimum atomic E-state index is -3.72. The van der Waals surface area contributed by atoms with Crippen molar-refractivity contribution in [1.82, 2.24) is 5.32 Å². The summed E-state index contributed by atoms with van der Waals surface area (Å²) in [5, 5.41) is 2.73. The van der Waals surface area contributed by atoms with Gasteiger partial charge in [0.05, 0.1) is 24.6 Å². The van der Waals surface area contributed by atoms with E-state index in [1.54, 1.807) is 50.2 Å². The minimum absolute atomic E-state index is 0.298. The molecular weight excluding hydrogens is 371 g/mol. The molecule has 0 aliphatic rings. The second-order valence-electron chi connectivity index (χ2n) is 6.01. The Morgan fingerprint density at radius 2 is 1.81 bits per heavy atom. The number of hydrogen-bond acceptors (Lipinski definition) is 4. The molecule has 0 saturated carbocycles. The van der Waals surface area contributed by atoms with Gasteiger partial charge in [0.2, 0.25) is 15.9 Å². The molecule has 0 bridgehead atoms. The van der Waals surface area contributed by atoms with Gasteiger partial charge in [0.15, 0.2) is 0 Å². The van der Waals surface area contributed by atoms with Gasteiger partial charge in [-0.1, -0.05) is 24.3 Å². The van der Waals surface area contributed by atoms with Crippen LogP contribution in [0.2, 0.25) is 0 Å². The predicted octanol–water partition coefficient (Wildman–Crippen LogP) is 2.87. The fraction of sp³-hybridized carbons (Fsp3) is 0.316. The number of carbonyl (C=O) groups is 1. The number of hydrogen-bond donors (Lipinski definition) is 1. The van der Waals surface area contributed by atoms with Gasteiger partial charge in [-0.05, 0) is 43.7 Å². The summed E-state index contributed by atoms with van der Waals surface area (Å²) in [5.74, 6) is -0.471. The van der Waals surface area contributed by atoms with E-state index in [1.165, 1.54) is 12.1 Å². The van der Waals surface area contributed by atoms with Crippen molar-refractivity contribution in [3.8, 4) is 5.75 Å². The number of anilines is 1. The molecule has 2 aromatic carbocycles. The molecule has 0 radical (unpaired) electrons. The normalized spacial score (nSPS) is 12.3. The maximum Gasteiger partial charge on any atom is 0.241 e. The maximum absolute atomic E-state index is 13.0. The summed E-state index contributed by atoms with van der Waals surface area (Å²) < 4.78 is 44.1. The first-order valence-electron chi connectivity index (χ1n) is 8.46. The topological polar surface area (TPSA) is 75.7 Å². The lowest BCUT2D eigenvalue weighted by Gasteiger charge is -2.25. The van der Waals surface area contributed by atoms with E-state index in [9.17, 15) is 17.6 Å². The van der Waals surface area contributed by atoms with Gasteiger partial charge in [0.1, 0.15) is 18.1 Å². The third kappa shape index (κ3) is 5.68. The van der Waals surface area contributed by atoms with Gasteiger partial charge in [-0.3, -0.25) is 9.10 Å². The SMILES string of the molecule is CCOc1ccccc1N(CC(=O)N[C@H](C)c1ccc(F)cc1)S(C)(=O)=O. The van der Waals surface area contributed by atoms with Gasteiger partial charge in [-0.2, -0.15) is 0 Å². The van der Waals surface area contributed by atoms with E-state index in [-0.39, 0.29) is 5.82 Å². The lowest BCUT2D eigenvalue weighted by Crippen LogP contribution is -2.41. The highest BCUT2D eigenvalue weighted by molar-refractivity contribution is 7.92. The maximum atomic E-state index is 13.0. The highest BCUT2D eigenvalue weighted by Gasteiger charge is 2.24. The van der Waals surface area contributed by atoms with Gasteiger partial charge >= 0.3 is 0 Å². The van der Waals surface area contributed by atoms with Crippen LogP contribution in [0.1, 0.15) is 25.5 Å². The summed E-state index contributed by atoms with van der Waals surface area (Å²) in [6, 6.07) is 12.0. The molecule has 8 heteroatoms. The molecule has 2 aromatic rings. The molecule has 0 heterocycles.